The minimum atomic E-state index is -0.438. The van der Waals surface area contributed by atoms with E-state index in [0.717, 1.165) is 19.5 Å². The van der Waals surface area contributed by atoms with Gasteiger partial charge in [-0.2, -0.15) is 0 Å². The zero-order valence-electron chi connectivity index (χ0n) is 12.9. The first-order valence-electron chi connectivity index (χ1n) is 7.46. The van der Waals surface area contributed by atoms with Crippen molar-refractivity contribution in [3.05, 3.63) is 29.1 Å². The molecule has 1 aliphatic rings. The molecule has 1 fully saturated rings. The van der Waals surface area contributed by atoms with E-state index in [0.29, 0.717) is 29.8 Å². The van der Waals surface area contributed by atoms with Gasteiger partial charge in [-0.25, -0.2) is 4.39 Å². The normalized spacial score (nSPS) is 19.2. The Labute approximate surface area is 125 Å². The number of hydrogen-bond donors (Lipinski definition) is 2. The Morgan fingerprint density at radius 1 is 1.52 bits per heavy atom. The van der Waals surface area contributed by atoms with Crippen molar-refractivity contribution in [1.29, 1.82) is 0 Å². The summed E-state index contributed by atoms with van der Waals surface area (Å²) in [4.78, 5) is 14.5. The van der Waals surface area contributed by atoms with Gasteiger partial charge in [-0.05, 0) is 51.8 Å². The van der Waals surface area contributed by atoms with Crippen molar-refractivity contribution in [2.45, 2.75) is 33.2 Å². The van der Waals surface area contributed by atoms with Crippen LogP contribution < -0.4 is 11.1 Å². The van der Waals surface area contributed by atoms with Crippen molar-refractivity contribution in [2.24, 2.45) is 5.92 Å². The summed E-state index contributed by atoms with van der Waals surface area (Å²) >= 11 is 0. The first-order valence-corrected chi connectivity index (χ1v) is 7.46. The van der Waals surface area contributed by atoms with Crippen LogP contribution in [-0.4, -0.2) is 36.5 Å². The Morgan fingerprint density at radius 2 is 2.24 bits per heavy atom. The fraction of sp³-hybridized carbons (Fsp3) is 0.562. The van der Waals surface area contributed by atoms with Crippen molar-refractivity contribution in [3.63, 3.8) is 0 Å². The van der Waals surface area contributed by atoms with Gasteiger partial charge in [0.1, 0.15) is 5.82 Å². The van der Waals surface area contributed by atoms with Gasteiger partial charge in [0.2, 0.25) is 0 Å². The van der Waals surface area contributed by atoms with Crippen LogP contribution >= 0.6 is 0 Å². The van der Waals surface area contributed by atoms with Crippen molar-refractivity contribution in [3.8, 4) is 0 Å². The molecule has 0 aliphatic carbocycles. The number of nitrogen functional groups attached to an aromatic ring is 1. The molecular weight excluding hydrogens is 269 g/mol. The van der Waals surface area contributed by atoms with Crippen LogP contribution in [0.5, 0.6) is 0 Å². The second-order valence-electron chi connectivity index (χ2n) is 6.13. The summed E-state index contributed by atoms with van der Waals surface area (Å²) in [5.41, 5.74) is 6.69. The number of likely N-dealkylation sites (tertiary alicyclic amines) is 1. The molecule has 0 radical (unpaired) electrons. The third kappa shape index (κ3) is 3.73. The van der Waals surface area contributed by atoms with Crippen LogP contribution in [0.15, 0.2) is 12.1 Å². The predicted octanol–water partition coefficient (Wildman–Crippen LogP) is 2.18. The molecule has 1 aliphatic heterocycles. The van der Waals surface area contributed by atoms with Crippen LogP contribution in [0.2, 0.25) is 0 Å². The van der Waals surface area contributed by atoms with Crippen molar-refractivity contribution < 1.29 is 9.18 Å². The van der Waals surface area contributed by atoms with Crippen molar-refractivity contribution >= 4 is 11.6 Å². The van der Waals surface area contributed by atoms with Crippen LogP contribution in [0.4, 0.5) is 10.1 Å². The average molecular weight is 293 g/mol. The van der Waals surface area contributed by atoms with E-state index in [2.05, 4.69) is 24.1 Å². The van der Waals surface area contributed by atoms with Crippen LogP contribution in [0.3, 0.4) is 0 Å². The van der Waals surface area contributed by atoms with E-state index in [1.165, 1.54) is 12.1 Å². The largest absolute Gasteiger partial charge is 0.398 e. The number of rotatable bonds is 4. The molecule has 0 spiro atoms. The second kappa shape index (κ2) is 6.43. The number of carbonyl (C=O) groups is 1. The van der Waals surface area contributed by atoms with Gasteiger partial charge in [-0.15, -0.1) is 0 Å². The van der Waals surface area contributed by atoms with Crippen molar-refractivity contribution in [1.82, 2.24) is 10.2 Å². The highest BCUT2D eigenvalue weighted by molar-refractivity contribution is 5.95. The molecule has 0 bridgehead atoms. The standard InChI is InChI=1S/C16H24FN3O/c1-10(2)20-5-4-12(9-20)8-19-16(21)13-6-14(17)11(3)15(18)7-13/h6-7,10,12H,4-5,8-9,18H2,1-3H3,(H,19,21). The molecule has 1 heterocycles. The van der Waals surface area contributed by atoms with Crippen LogP contribution in [0.25, 0.3) is 0 Å². The van der Waals surface area contributed by atoms with E-state index >= 15 is 0 Å². The zero-order valence-corrected chi connectivity index (χ0v) is 12.9. The maximum atomic E-state index is 13.6. The third-order valence-electron chi connectivity index (χ3n) is 4.25. The molecule has 4 nitrogen and oxygen atoms in total. The number of halogens is 1. The topological polar surface area (TPSA) is 58.4 Å². The second-order valence-corrected chi connectivity index (χ2v) is 6.13. The van der Waals surface area contributed by atoms with Gasteiger partial charge in [-0.3, -0.25) is 4.79 Å². The lowest BCUT2D eigenvalue weighted by Gasteiger charge is -2.20. The molecule has 1 unspecified atom stereocenters. The Morgan fingerprint density at radius 3 is 2.81 bits per heavy atom. The van der Waals surface area contributed by atoms with Gasteiger partial charge >= 0.3 is 0 Å². The number of nitrogens with zero attached hydrogens (tertiary/aromatic N) is 1. The monoisotopic (exact) mass is 293 g/mol. The first kappa shape index (κ1) is 15.8. The fourth-order valence-corrected chi connectivity index (χ4v) is 2.67. The highest BCUT2D eigenvalue weighted by atomic mass is 19.1. The van der Waals surface area contributed by atoms with E-state index in [1.54, 1.807) is 6.92 Å². The van der Waals surface area contributed by atoms with Gasteiger partial charge in [0.15, 0.2) is 0 Å². The summed E-state index contributed by atoms with van der Waals surface area (Å²) in [6, 6.07) is 3.32. The SMILES string of the molecule is Cc1c(N)cc(C(=O)NCC2CCN(C(C)C)C2)cc1F. The molecule has 1 aromatic carbocycles. The minimum Gasteiger partial charge on any atom is -0.398 e. The zero-order chi connectivity index (χ0) is 15.6. The molecule has 2 rings (SSSR count). The molecule has 3 N–H and O–H groups in total. The smallest absolute Gasteiger partial charge is 0.251 e. The average Bonchev–Trinajstić information content (AvgIpc) is 2.90. The number of hydrogen-bond acceptors (Lipinski definition) is 3. The summed E-state index contributed by atoms with van der Waals surface area (Å²) in [5.74, 6) is -0.236. The number of nitrogens with one attached hydrogen (secondary N) is 1. The fourth-order valence-electron chi connectivity index (χ4n) is 2.67. The van der Waals surface area contributed by atoms with Crippen LogP contribution in [0, 0.1) is 18.7 Å². The summed E-state index contributed by atoms with van der Waals surface area (Å²) in [7, 11) is 0. The molecule has 1 atom stereocenters. The van der Waals surface area contributed by atoms with Crippen molar-refractivity contribution in [2.75, 3.05) is 25.4 Å². The number of carbonyl (C=O) groups excluding carboxylic acids is 1. The van der Waals surface area contributed by atoms with E-state index in [4.69, 9.17) is 5.73 Å². The van der Waals surface area contributed by atoms with Gasteiger partial charge < -0.3 is 16.0 Å². The molecule has 21 heavy (non-hydrogen) atoms. The summed E-state index contributed by atoms with van der Waals surface area (Å²) in [6.07, 6.45) is 1.09. The highest BCUT2D eigenvalue weighted by Crippen LogP contribution is 2.19. The number of anilines is 1. The molecule has 0 aromatic heterocycles. The van der Waals surface area contributed by atoms with Crippen LogP contribution in [-0.2, 0) is 0 Å². The minimum absolute atomic E-state index is 0.261. The summed E-state index contributed by atoms with van der Waals surface area (Å²) in [6.45, 7) is 8.66. The maximum absolute atomic E-state index is 13.6. The first-order chi connectivity index (χ1) is 9.88. The van der Waals surface area contributed by atoms with Gasteiger partial charge in [-0.1, -0.05) is 0 Å². The van der Waals surface area contributed by atoms with E-state index in [9.17, 15) is 9.18 Å². The highest BCUT2D eigenvalue weighted by Gasteiger charge is 2.24. The molecule has 1 aromatic rings. The maximum Gasteiger partial charge on any atom is 0.251 e. The van der Waals surface area contributed by atoms with Gasteiger partial charge in [0, 0.05) is 35.9 Å². The molecule has 116 valence electrons. The third-order valence-corrected chi connectivity index (χ3v) is 4.25. The number of nitrogens with two attached hydrogens (primary N) is 1. The molecule has 1 amide bonds. The molecule has 5 heteroatoms. The lowest BCUT2D eigenvalue weighted by atomic mass is 10.1. The quantitative estimate of drug-likeness (QED) is 0.837. The Balaban J connectivity index is 1.91. The Hall–Kier alpha value is -1.62. The predicted molar refractivity (Wildman–Crippen MR) is 82.7 cm³/mol. The molecule has 0 saturated carbocycles. The van der Waals surface area contributed by atoms with E-state index in [1.807, 2.05) is 0 Å². The van der Waals surface area contributed by atoms with E-state index < -0.39 is 5.82 Å². The van der Waals surface area contributed by atoms with E-state index in [-0.39, 0.29) is 11.5 Å². The molecule has 1 saturated heterocycles. The number of amides is 1. The van der Waals surface area contributed by atoms with Gasteiger partial charge in [0.05, 0.1) is 0 Å². The summed E-state index contributed by atoms with van der Waals surface area (Å²) in [5, 5.41) is 2.89. The molecular formula is C16H24FN3O. The lowest BCUT2D eigenvalue weighted by Crippen LogP contribution is -2.33. The van der Waals surface area contributed by atoms with Gasteiger partial charge in [0.25, 0.3) is 5.91 Å². The number of benzene rings is 1. The summed E-state index contributed by atoms with van der Waals surface area (Å²) < 4.78 is 13.6. The Bertz CT molecular complexity index is 507. The Kier molecular flexibility index (Phi) is 4.83. The van der Waals surface area contributed by atoms with Crippen LogP contribution in [0.1, 0.15) is 36.2 Å². The lowest BCUT2D eigenvalue weighted by molar-refractivity contribution is 0.0946.